The number of aromatic nitrogens is 3. The summed E-state index contributed by atoms with van der Waals surface area (Å²) in [6, 6.07) is 6.20. The molecule has 2 aliphatic rings. The quantitative estimate of drug-likeness (QED) is 0.508. The minimum Gasteiger partial charge on any atom is -0.489 e. The van der Waals surface area contributed by atoms with Gasteiger partial charge >= 0.3 is 6.18 Å². The Balaban J connectivity index is 1.52. The highest BCUT2D eigenvalue weighted by Gasteiger charge is 2.38. The molecule has 1 aliphatic heterocycles. The van der Waals surface area contributed by atoms with Gasteiger partial charge in [0.1, 0.15) is 23.2 Å². The third kappa shape index (κ3) is 4.23. The van der Waals surface area contributed by atoms with Gasteiger partial charge in [-0.3, -0.25) is 4.40 Å². The SMILES string of the molecule is FC(F)(F)c1c(-c2ccc(OC3CCOCC3)c(Cl)c2)ccn2c(CC3CC3)nnc12. The van der Waals surface area contributed by atoms with Crippen LogP contribution in [-0.4, -0.2) is 33.9 Å². The fourth-order valence-corrected chi connectivity index (χ4v) is 4.21. The van der Waals surface area contributed by atoms with E-state index in [1.54, 1.807) is 18.3 Å². The Hall–Kier alpha value is -2.32. The molecule has 3 heterocycles. The summed E-state index contributed by atoms with van der Waals surface area (Å²) in [5.41, 5.74) is -0.617. The van der Waals surface area contributed by atoms with Crippen LogP contribution in [-0.2, 0) is 17.3 Å². The molecule has 9 heteroatoms. The molecule has 1 saturated heterocycles. The number of pyridine rings is 1. The Morgan fingerprint density at radius 2 is 1.87 bits per heavy atom. The topological polar surface area (TPSA) is 48.7 Å². The van der Waals surface area contributed by atoms with Crippen molar-refractivity contribution in [2.45, 2.75) is 44.4 Å². The van der Waals surface area contributed by atoms with Crippen molar-refractivity contribution in [2.24, 2.45) is 5.92 Å². The van der Waals surface area contributed by atoms with Crippen LogP contribution in [0, 0.1) is 5.92 Å². The number of halogens is 4. The number of hydrogen-bond donors (Lipinski definition) is 0. The number of benzene rings is 1. The first-order chi connectivity index (χ1) is 14.9. The first kappa shape index (κ1) is 20.6. The standard InChI is InChI=1S/C22H21ClF3N3O2/c23-17-12-14(3-4-18(17)31-15-6-9-30-10-7-15)16-5-8-29-19(11-13-1-2-13)27-28-21(29)20(16)22(24,25)26/h3-5,8,12-13,15H,1-2,6-7,9-11H2. The highest BCUT2D eigenvalue weighted by atomic mass is 35.5. The van der Waals surface area contributed by atoms with Crippen LogP contribution < -0.4 is 4.74 Å². The maximum Gasteiger partial charge on any atom is 0.420 e. The van der Waals surface area contributed by atoms with Crippen LogP contribution in [0.2, 0.25) is 5.02 Å². The van der Waals surface area contributed by atoms with E-state index in [4.69, 9.17) is 21.1 Å². The molecule has 0 unspecified atom stereocenters. The predicted octanol–water partition coefficient (Wildman–Crippen LogP) is 5.58. The molecule has 0 radical (unpaired) electrons. The second kappa shape index (κ2) is 7.98. The number of alkyl halides is 3. The van der Waals surface area contributed by atoms with Gasteiger partial charge in [0.2, 0.25) is 0 Å². The van der Waals surface area contributed by atoms with Crippen molar-refractivity contribution in [3.05, 3.63) is 46.9 Å². The van der Waals surface area contributed by atoms with E-state index in [-0.39, 0.29) is 22.3 Å². The van der Waals surface area contributed by atoms with E-state index < -0.39 is 11.7 Å². The van der Waals surface area contributed by atoms with Crippen LogP contribution >= 0.6 is 11.6 Å². The average molecular weight is 452 g/mol. The summed E-state index contributed by atoms with van der Waals surface area (Å²) >= 11 is 6.38. The van der Waals surface area contributed by atoms with Crippen LogP contribution in [0.4, 0.5) is 13.2 Å². The summed E-state index contributed by atoms with van der Waals surface area (Å²) in [5.74, 6) is 1.51. The van der Waals surface area contributed by atoms with Gasteiger partial charge in [0.25, 0.3) is 0 Å². The second-order valence-corrected chi connectivity index (χ2v) is 8.54. The van der Waals surface area contributed by atoms with Crippen molar-refractivity contribution in [3.8, 4) is 16.9 Å². The van der Waals surface area contributed by atoms with Gasteiger partial charge in [0.15, 0.2) is 5.65 Å². The summed E-state index contributed by atoms with van der Waals surface area (Å²) in [5, 5.41) is 8.20. The minimum absolute atomic E-state index is 0.0138. The molecule has 2 aromatic heterocycles. The van der Waals surface area contributed by atoms with Crippen molar-refractivity contribution >= 4 is 17.2 Å². The molecule has 0 N–H and O–H groups in total. The second-order valence-electron chi connectivity index (χ2n) is 8.13. The Labute approximate surface area is 182 Å². The van der Waals surface area contributed by atoms with Crippen LogP contribution in [0.15, 0.2) is 30.5 Å². The van der Waals surface area contributed by atoms with Crippen molar-refractivity contribution in [3.63, 3.8) is 0 Å². The van der Waals surface area contributed by atoms with E-state index in [1.807, 2.05) is 0 Å². The molecule has 1 saturated carbocycles. The summed E-state index contributed by atoms with van der Waals surface area (Å²) in [7, 11) is 0. The van der Waals surface area contributed by atoms with Crippen molar-refractivity contribution in [1.82, 2.24) is 14.6 Å². The third-order valence-corrected chi connectivity index (χ3v) is 6.10. The molecular weight excluding hydrogens is 431 g/mol. The van der Waals surface area contributed by atoms with E-state index in [2.05, 4.69) is 10.2 Å². The van der Waals surface area contributed by atoms with Crippen LogP contribution in [0.5, 0.6) is 5.75 Å². The summed E-state index contributed by atoms with van der Waals surface area (Å²) in [6.45, 7) is 1.24. The molecule has 2 fully saturated rings. The summed E-state index contributed by atoms with van der Waals surface area (Å²) < 4.78 is 55.0. The van der Waals surface area contributed by atoms with Gasteiger partial charge in [-0.25, -0.2) is 0 Å². The molecule has 0 bridgehead atoms. The Morgan fingerprint density at radius 1 is 1.10 bits per heavy atom. The van der Waals surface area contributed by atoms with Gasteiger partial charge < -0.3 is 9.47 Å². The summed E-state index contributed by atoms with van der Waals surface area (Å²) in [4.78, 5) is 0. The lowest BCUT2D eigenvalue weighted by atomic mass is 10.0. The Bertz CT molecular complexity index is 1110. The first-order valence-electron chi connectivity index (χ1n) is 10.4. The average Bonchev–Trinajstić information content (AvgIpc) is 3.47. The van der Waals surface area contributed by atoms with Gasteiger partial charge in [-0.2, -0.15) is 13.2 Å². The normalized spacial score (nSPS) is 17.9. The van der Waals surface area contributed by atoms with Crippen LogP contribution in [0.3, 0.4) is 0 Å². The Morgan fingerprint density at radius 3 is 2.55 bits per heavy atom. The maximum absolute atomic E-state index is 14.1. The number of rotatable bonds is 5. The van der Waals surface area contributed by atoms with E-state index in [1.165, 1.54) is 16.5 Å². The van der Waals surface area contributed by atoms with Crippen molar-refractivity contribution in [1.29, 1.82) is 0 Å². The molecule has 164 valence electrons. The predicted molar refractivity (Wildman–Crippen MR) is 109 cm³/mol. The van der Waals surface area contributed by atoms with Gasteiger partial charge in [-0.05, 0) is 48.1 Å². The fraction of sp³-hybridized carbons (Fsp3) is 0.455. The maximum atomic E-state index is 14.1. The third-order valence-electron chi connectivity index (χ3n) is 5.81. The largest absolute Gasteiger partial charge is 0.489 e. The smallest absolute Gasteiger partial charge is 0.420 e. The molecule has 0 atom stereocenters. The zero-order valence-corrected chi connectivity index (χ0v) is 17.4. The highest BCUT2D eigenvalue weighted by molar-refractivity contribution is 6.32. The van der Waals surface area contributed by atoms with Gasteiger partial charge in [0.05, 0.1) is 18.2 Å². The summed E-state index contributed by atoms with van der Waals surface area (Å²) in [6.07, 6.45) is 1.32. The lowest BCUT2D eigenvalue weighted by Crippen LogP contribution is -2.25. The zero-order chi connectivity index (χ0) is 21.6. The molecule has 3 aromatic rings. The monoisotopic (exact) mass is 451 g/mol. The zero-order valence-electron chi connectivity index (χ0n) is 16.7. The molecule has 5 rings (SSSR count). The molecule has 1 aliphatic carbocycles. The number of nitrogens with zero attached hydrogens (tertiary/aromatic N) is 3. The molecule has 0 amide bonds. The van der Waals surface area contributed by atoms with E-state index in [0.29, 0.717) is 42.7 Å². The lowest BCUT2D eigenvalue weighted by Gasteiger charge is -2.24. The van der Waals surface area contributed by atoms with E-state index in [0.717, 1.165) is 25.7 Å². The highest BCUT2D eigenvalue weighted by Crippen LogP contribution is 2.42. The van der Waals surface area contributed by atoms with Crippen LogP contribution in [0.1, 0.15) is 37.1 Å². The number of ether oxygens (including phenoxy) is 2. The fourth-order valence-electron chi connectivity index (χ4n) is 3.98. The van der Waals surface area contributed by atoms with Gasteiger partial charge in [-0.1, -0.05) is 17.7 Å². The number of hydrogen-bond acceptors (Lipinski definition) is 4. The first-order valence-corrected chi connectivity index (χ1v) is 10.8. The van der Waals surface area contributed by atoms with Crippen molar-refractivity contribution in [2.75, 3.05) is 13.2 Å². The number of fused-ring (bicyclic) bond motifs is 1. The Kier molecular flexibility index (Phi) is 5.30. The van der Waals surface area contributed by atoms with Gasteiger partial charge in [0, 0.05) is 25.5 Å². The lowest BCUT2D eigenvalue weighted by molar-refractivity contribution is -0.136. The van der Waals surface area contributed by atoms with Gasteiger partial charge in [-0.15, -0.1) is 10.2 Å². The van der Waals surface area contributed by atoms with Crippen molar-refractivity contribution < 1.29 is 22.6 Å². The molecule has 31 heavy (non-hydrogen) atoms. The molecule has 5 nitrogen and oxygen atoms in total. The minimum atomic E-state index is -4.59. The van der Waals surface area contributed by atoms with Crippen LogP contribution in [0.25, 0.3) is 16.8 Å². The molecular formula is C22H21ClF3N3O2. The van der Waals surface area contributed by atoms with E-state index >= 15 is 0 Å². The van der Waals surface area contributed by atoms with E-state index in [9.17, 15) is 13.2 Å². The molecule has 1 aromatic carbocycles. The molecule has 0 spiro atoms.